The second-order valence-corrected chi connectivity index (χ2v) is 5.63. The van der Waals surface area contributed by atoms with Gasteiger partial charge in [-0.05, 0) is 13.3 Å². The zero-order valence-electron chi connectivity index (χ0n) is 13.3. The zero-order chi connectivity index (χ0) is 16.3. The SMILES string of the molecule is CCCCC1C(=O)N(C)CCN1C(=O)c1cnc(C)[nH]c1=O. The Labute approximate surface area is 129 Å². The quantitative estimate of drug-likeness (QED) is 0.880. The number of hydrogen-bond acceptors (Lipinski definition) is 4. The second-order valence-electron chi connectivity index (χ2n) is 5.63. The van der Waals surface area contributed by atoms with Gasteiger partial charge in [0.25, 0.3) is 11.5 Å². The molecule has 1 unspecified atom stereocenters. The molecule has 1 N–H and O–H groups in total. The summed E-state index contributed by atoms with van der Waals surface area (Å²) in [4.78, 5) is 46.6. The first-order valence-electron chi connectivity index (χ1n) is 7.57. The van der Waals surface area contributed by atoms with Crippen LogP contribution in [0.3, 0.4) is 0 Å². The molecule has 2 rings (SSSR count). The highest BCUT2D eigenvalue weighted by atomic mass is 16.2. The van der Waals surface area contributed by atoms with Crippen molar-refractivity contribution in [2.24, 2.45) is 0 Å². The van der Waals surface area contributed by atoms with Gasteiger partial charge in [0.1, 0.15) is 17.4 Å². The van der Waals surface area contributed by atoms with Gasteiger partial charge in [-0.2, -0.15) is 0 Å². The molecular weight excluding hydrogens is 284 g/mol. The van der Waals surface area contributed by atoms with Crippen molar-refractivity contribution >= 4 is 11.8 Å². The average Bonchev–Trinajstić information content (AvgIpc) is 2.48. The molecule has 0 aromatic carbocycles. The molecule has 1 aromatic heterocycles. The molecule has 1 saturated heterocycles. The van der Waals surface area contributed by atoms with Crippen LogP contribution in [0.5, 0.6) is 0 Å². The predicted octanol–water partition coefficient (Wildman–Crippen LogP) is 0.551. The Hall–Kier alpha value is -2.18. The number of H-pyrrole nitrogens is 1. The lowest BCUT2D eigenvalue weighted by atomic mass is 10.0. The van der Waals surface area contributed by atoms with Gasteiger partial charge in [0.15, 0.2) is 0 Å². The van der Waals surface area contributed by atoms with Crippen molar-refractivity contribution in [1.82, 2.24) is 19.8 Å². The summed E-state index contributed by atoms with van der Waals surface area (Å²) < 4.78 is 0. The first-order chi connectivity index (χ1) is 10.5. The van der Waals surface area contributed by atoms with Crippen LogP contribution in [0, 0.1) is 6.92 Å². The molecule has 0 aliphatic carbocycles. The number of rotatable bonds is 4. The summed E-state index contributed by atoms with van der Waals surface area (Å²) >= 11 is 0. The fraction of sp³-hybridized carbons (Fsp3) is 0.600. The van der Waals surface area contributed by atoms with E-state index in [-0.39, 0.29) is 11.5 Å². The summed E-state index contributed by atoms with van der Waals surface area (Å²) in [5.74, 6) is -0.0283. The molecule has 0 radical (unpaired) electrons. The summed E-state index contributed by atoms with van der Waals surface area (Å²) in [6, 6.07) is -0.494. The number of amides is 2. The maximum atomic E-state index is 12.7. The van der Waals surface area contributed by atoms with Gasteiger partial charge in [0.2, 0.25) is 5.91 Å². The number of carbonyl (C=O) groups is 2. The van der Waals surface area contributed by atoms with E-state index in [0.29, 0.717) is 25.3 Å². The highest BCUT2D eigenvalue weighted by Crippen LogP contribution is 2.18. The Morgan fingerprint density at radius 3 is 2.77 bits per heavy atom. The minimum absolute atomic E-state index is 0.00977. The molecular formula is C15H22N4O3. The third-order valence-corrected chi connectivity index (χ3v) is 3.96. The Balaban J connectivity index is 2.29. The third-order valence-electron chi connectivity index (χ3n) is 3.96. The van der Waals surface area contributed by atoms with E-state index in [2.05, 4.69) is 9.97 Å². The van der Waals surface area contributed by atoms with Gasteiger partial charge in [0, 0.05) is 26.3 Å². The van der Waals surface area contributed by atoms with Crippen LogP contribution >= 0.6 is 0 Å². The largest absolute Gasteiger partial charge is 0.342 e. The van der Waals surface area contributed by atoms with E-state index in [1.165, 1.54) is 11.1 Å². The van der Waals surface area contributed by atoms with Crippen molar-refractivity contribution in [3.05, 3.63) is 27.9 Å². The predicted molar refractivity (Wildman–Crippen MR) is 81.6 cm³/mol. The molecule has 0 bridgehead atoms. The van der Waals surface area contributed by atoms with Crippen LogP contribution < -0.4 is 5.56 Å². The van der Waals surface area contributed by atoms with Crippen molar-refractivity contribution in [3.8, 4) is 0 Å². The molecule has 2 heterocycles. The number of piperazine rings is 1. The number of nitrogens with zero attached hydrogens (tertiary/aromatic N) is 3. The summed E-state index contributed by atoms with van der Waals surface area (Å²) in [5, 5.41) is 0. The number of hydrogen-bond donors (Lipinski definition) is 1. The molecule has 1 fully saturated rings. The molecule has 2 amide bonds. The first-order valence-corrected chi connectivity index (χ1v) is 7.57. The average molecular weight is 306 g/mol. The van der Waals surface area contributed by atoms with E-state index in [0.717, 1.165) is 12.8 Å². The Morgan fingerprint density at radius 1 is 1.41 bits per heavy atom. The number of aromatic nitrogens is 2. The van der Waals surface area contributed by atoms with Crippen molar-refractivity contribution < 1.29 is 9.59 Å². The minimum atomic E-state index is -0.494. The fourth-order valence-electron chi connectivity index (χ4n) is 2.62. The first kappa shape index (κ1) is 16.2. The summed E-state index contributed by atoms with van der Waals surface area (Å²) in [5.41, 5.74) is -0.470. The number of nitrogens with one attached hydrogen (secondary N) is 1. The molecule has 1 aliphatic heterocycles. The molecule has 0 spiro atoms. The van der Waals surface area contributed by atoms with Crippen LogP contribution in [0.4, 0.5) is 0 Å². The lowest BCUT2D eigenvalue weighted by Gasteiger charge is -2.39. The van der Waals surface area contributed by atoms with Crippen molar-refractivity contribution in [2.75, 3.05) is 20.1 Å². The lowest BCUT2D eigenvalue weighted by molar-refractivity contribution is -0.138. The standard InChI is InChI=1S/C15H22N4O3/c1-4-5-6-12-15(22)18(3)7-8-19(12)14(21)11-9-16-10(2)17-13(11)20/h9,12H,4-8H2,1-3H3,(H,16,17,20). The van der Waals surface area contributed by atoms with Gasteiger partial charge in [-0.3, -0.25) is 14.4 Å². The topological polar surface area (TPSA) is 86.4 Å². The van der Waals surface area contributed by atoms with Crippen LogP contribution in [0.1, 0.15) is 42.4 Å². The van der Waals surface area contributed by atoms with Crippen LogP contribution in [-0.2, 0) is 4.79 Å². The second kappa shape index (κ2) is 6.72. The Bertz CT molecular complexity index is 625. The minimum Gasteiger partial charge on any atom is -0.342 e. The summed E-state index contributed by atoms with van der Waals surface area (Å²) in [6.45, 7) is 4.60. The molecule has 7 heteroatoms. The van der Waals surface area contributed by atoms with Crippen molar-refractivity contribution in [3.63, 3.8) is 0 Å². The summed E-state index contributed by atoms with van der Waals surface area (Å²) in [7, 11) is 1.74. The van der Waals surface area contributed by atoms with E-state index >= 15 is 0 Å². The lowest BCUT2D eigenvalue weighted by Crippen LogP contribution is -2.58. The van der Waals surface area contributed by atoms with Crippen LogP contribution in [-0.4, -0.2) is 57.8 Å². The van der Waals surface area contributed by atoms with Gasteiger partial charge in [-0.1, -0.05) is 19.8 Å². The highest BCUT2D eigenvalue weighted by Gasteiger charge is 2.36. The van der Waals surface area contributed by atoms with E-state index in [1.807, 2.05) is 6.92 Å². The van der Waals surface area contributed by atoms with E-state index < -0.39 is 17.5 Å². The molecule has 1 aliphatic rings. The van der Waals surface area contributed by atoms with Gasteiger partial charge in [0.05, 0.1) is 0 Å². The third kappa shape index (κ3) is 3.18. The van der Waals surface area contributed by atoms with Crippen LogP contribution in [0.15, 0.2) is 11.0 Å². The number of likely N-dealkylation sites (N-methyl/N-ethyl adjacent to an activating group) is 1. The van der Waals surface area contributed by atoms with E-state index in [1.54, 1.807) is 18.9 Å². The fourth-order valence-corrected chi connectivity index (χ4v) is 2.62. The maximum Gasteiger partial charge on any atom is 0.263 e. The van der Waals surface area contributed by atoms with Gasteiger partial charge in [-0.15, -0.1) is 0 Å². The van der Waals surface area contributed by atoms with E-state index in [4.69, 9.17) is 0 Å². The monoisotopic (exact) mass is 306 g/mol. The molecule has 22 heavy (non-hydrogen) atoms. The Morgan fingerprint density at radius 2 is 2.14 bits per heavy atom. The van der Waals surface area contributed by atoms with Gasteiger partial charge in [-0.25, -0.2) is 4.98 Å². The van der Waals surface area contributed by atoms with Gasteiger partial charge >= 0.3 is 0 Å². The molecule has 0 saturated carbocycles. The molecule has 120 valence electrons. The normalized spacial score (nSPS) is 18.7. The van der Waals surface area contributed by atoms with Crippen LogP contribution in [0.25, 0.3) is 0 Å². The number of carbonyl (C=O) groups excluding carboxylic acids is 2. The van der Waals surface area contributed by atoms with E-state index in [9.17, 15) is 14.4 Å². The number of aryl methyl sites for hydroxylation is 1. The Kier molecular flexibility index (Phi) is 4.95. The molecule has 7 nitrogen and oxygen atoms in total. The maximum absolute atomic E-state index is 12.7. The smallest absolute Gasteiger partial charge is 0.263 e. The van der Waals surface area contributed by atoms with Crippen LogP contribution in [0.2, 0.25) is 0 Å². The van der Waals surface area contributed by atoms with Gasteiger partial charge < -0.3 is 14.8 Å². The number of aromatic amines is 1. The zero-order valence-corrected chi connectivity index (χ0v) is 13.3. The molecule has 1 atom stereocenters. The highest BCUT2D eigenvalue weighted by molar-refractivity contribution is 5.97. The van der Waals surface area contributed by atoms with Crippen molar-refractivity contribution in [1.29, 1.82) is 0 Å². The summed E-state index contributed by atoms with van der Waals surface area (Å²) in [6.07, 6.45) is 3.71. The number of unbranched alkanes of at least 4 members (excludes halogenated alkanes) is 1. The van der Waals surface area contributed by atoms with Crippen molar-refractivity contribution in [2.45, 2.75) is 39.2 Å². The molecule has 1 aromatic rings.